The number of rotatable bonds is 5. The Morgan fingerprint density at radius 3 is 2.65 bits per heavy atom. The molecule has 0 atom stereocenters. The molecule has 0 radical (unpaired) electrons. The Kier molecular flexibility index (Phi) is 3.91. The minimum absolute atomic E-state index is 0.917. The minimum atomic E-state index is 0.917. The summed E-state index contributed by atoms with van der Waals surface area (Å²) in [4.78, 5) is 4.34. The molecule has 0 unspecified atom stereocenters. The summed E-state index contributed by atoms with van der Waals surface area (Å²) in [5.74, 6) is 0. The average Bonchev–Trinajstić information content (AvgIpc) is 2.80. The highest BCUT2D eigenvalue weighted by atomic mass is 15.3. The van der Waals surface area contributed by atoms with Gasteiger partial charge in [-0.15, -0.1) is 0 Å². The summed E-state index contributed by atoms with van der Waals surface area (Å²) in [5, 5.41) is 4.60. The van der Waals surface area contributed by atoms with Gasteiger partial charge < -0.3 is 0 Å². The molecule has 0 aliphatic heterocycles. The maximum atomic E-state index is 4.60. The summed E-state index contributed by atoms with van der Waals surface area (Å²) in [6, 6.07) is 8.25. The van der Waals surface area contributed by atoms with Crippen molar-refractivity contribution in [3.8, 4) is 0 Å². The molecule has 3 heteroatoms. The molecule has 2 rings (SSSR count). The third-order valence-corrected chi connectivity index (χ3v) is 2.94. The van der Waals surface area contributed by atoms with E-state index in [1.165, 1.54) is 11.4 Å². The molecule has 0 spiro atoms. The van der Waals surface area contributed by atoms with Gasteiger partial charge in [0.05, 0.1) is 5.69 Å². The Balaban J connectivity index is 2.05. The molecule has 3 nitrogen and oxygen atoms in total. The molecule has 0 aromatic carbocycles. The molecule has 0 bridgehead atoms. The Morgan fingerprint density at radius 1 is 1.12 bits per heavy atom. The van der Waals surface area contributed by atoms with E-state index in [1.54, 1.807) is 0 Å². The first-order chi connectivity index (χ1) is 8.33. The van der Waals surface area contributed by atoms with E-state index in [-0.39, 0.29) is 0 Å². The third kappa shape index (κ3) is 2.93. The topological polar surface area (TPSA) is 30.7 Å². The molecule has 0 aliphatic rings. The number of nitrogens with zero attached hydrogens (tertiary/aromatic N) is 3. The Hall–Kier alpha value is -1.64. The molecule has 17 heavy (non-hydrogen) atoms. The number of aromatic nitrogens is 3. The quantitative estimate of drug-likeness (QED) is 0.789. The largest absolute Gasteiger partial charge is 0.269 e. The van der Waals surface area contributed by atoms with E-state index >= 15 is 0 Å². The van der Waals surface area contributed by atoms with Gasteiger partial charge in [0.15, 0.2) is 0 Å². The van der Waals surface area contributed by atoms with Crippen molar-refractivity contribution in [3.63, 3.8) is 0 Å². The molecule has 0 fully saturated rings. The number of hydrogen-bond donors (Lipinski definition) is 0. The van der Waals surface area contributed by atoms with Crippen molar-refractivity contribution in [3.05, 3.63) is 47.5 Å². The van der Waals surface area contributed by atoms with Crippen LogP contribution >= 0.6 is 0 Å². The van der Waals surface area contributed by atoms with Crippen molar-refractivity contribution in [1.82, 2.24) is 14.8 Å². The summed E-state index contributed by atoms with van der Waals surface area (Å²) in [5.41, 5.74) is 3.63. The first-order valence-electron chi connectivity index (χ1n) is 6.29. The van der Waals surface area contributed by atoms with E-state index in [4.69, 9.17) is 0 Å². The van der Waals surface area contributed by atoms with Gasteiger partial charge in [0.2, 0.25) is 0 Å². The predicted octanol–water partition coefficient (Wildman–Crippen LogP) is 2.65. The van der Waals surface area contributed by atoms with Crippen molar-refractivity contribution in [2.45, 2.75) is 39.7 Å². The monoisotopic (exact) mass is 229 g/mol. The maximum Gasteiger partial charge on any atom is 0.0624 e. The molecular formula is C14H19N3. The molecule has 0 saturated carbocycles. The van der Waals surface area contributed by atoms with Gasteiger partial charge in [0, 0.05) is 30.6 Å². The maximum absolute atomic E-state index is 4.60. The van der Waals surface area contributed by atoms with Crippen LogP contribution in [0.1, 0.15) is 30.9 Å². The lowest BCUT2D eigenvalue weighted by Gasteiger charge is -2.05. The zero-order valence-electron chi connectivity index (χ0n) is 10.6. The standard InChI is InChI=1S/C14H19N3/c1-3-12-11-14(4-2)17(16-12)10-8-13-7-5-6-9-15-13/h5-7,9,11H,3-4,8,10H2,1-2H3. The molecule has 0 saturated heterocycles. The van der Waals surface area contributed by atoms with Crippen LogP contribution in [0.25, 0.3) is 0 Å². The van der Waals surface area contributed by atoms with Crippen LogP contribution in [0, 0.1) is 0 Å². The number of pyridine rings is 1. The van der Waals surface area contributed by atoms with Crippen molar-refractivity contribution >= 4 is 0 Å². The van der Waals surface area contributed by atoms with Crippen molar-refractivity contribution in [2.75, 3.05) is 0 Å². The van der Waals surface area contributed by atoms with Crippen LogP contribution in [-0.2, 0) is 25.8 Å². The van der Waals surface area contributed by atoms with Crippen LogP contribution in [0.5, 0.6) is 0 Å². The number of hydrogen-bond acceptors (Lipinski definition) is 2. The highest BCUT2D eigenvalue weighted by Crippen LogP contribution is 2.07. The fourth-order valence-corrected chi connectivity index (χ4v) is 1.93. The highest BCUT2D eigenvalue weighted by Gasteiger charge is 2.05. The second-order valence-corrected chi connectivity index (χ2v) is 4.13. The van der Waals surface area contributed by atoms with Crippen LogP contribution in [0.2, 0.25) is 0 Å². The summed E-state index contributed by atoms with van der Waals surface area (Å²) >= 11 is 0. The van der Waals surface area contributed by atoms with E-state index in [2.05, 4.69) is 40.7 Å². The van der Waals surface area contributed by atoms with Gasteiger partial charge in [0.1, 0.15) is 0 Å². The van der Waals surface area contributed by atoms with E-state index < -0.39 is 0 Å². The molecule has 2 heterocycles. The van der Waals surface area contributed by atoms with Gasteiger partial charge >= 0.3 is 0 Å². The highest BCUT2D eigenvalue weighted by molar-refractivity contribution is 5.11. The predicted molar refractivity (Wildman–Crippen MR) is 68.9 cm³/mol. The van der Waals surface area contributed by atoms with Gasteiger partial charge in [-0.2, -0.15) is 5.10 Å². The van der Waals surface area contributed by atoms with Crippen molar-refractivity contribution in [2.24, 2.45) is 0 Å². The van der Waals surface area contributed by atoms with Crippen molar-refractivity contribution < 1.29 is 0 Å². The summed E-state index contributed by atoms with van der Waals surface area (Å²) in [6.45, 7) is 5.23. The average molecular weight is 229 g/mol. The fraction of sp³-hybridized carbons (Fsp3) is 0.429. The first kappa shape index (κ1) is 11.8. The Labute approximate surface area is 103 Å². The van der Waals surface area contributed by atoms with Gasteiger partial charge in [-0.3, -0.25) is 9.67 Å². The van der Waals surface area contributed by atoms with E-state index in [1.807, 2.05) is 18.3 Å². The van der Waals surface area contributed by atoms with Crippen molar-refractivity contribution in [1.29, 1.82) is 0 Å². The lowest BCUT2D eigenvalue weighted by Crippen LogP contribution is -2.07. The third-order valence-electron chi connectivity index (χ3n) is 2.94. The molecule has 2 aromatic heterocycles. The molecule has 2 aromatic rings. The van der Waals surface area contributed by atoms with E-state index in [9.17, 15) is 0 Å². The zero-order valence-corrected chi connectivity index (χ0v) is 10.6. The summed E-state index contributed by atoms with van der Waals surface area (Å²) in [6.07, 6.45) is 4.83. The number of aryl methyl sites for hydroxylation is 4. The summed E-state index contributed by atoms with van der Waals surface area (Å²) in [7, 11) is 0. The van der Waals surface area contributed by atoms with Crippen LogP contribution < -0.4 is 0 Å². The van der Waals surface area contributed by atoms with E-state index in [0.717, 1.165) is 31.5 Å². The second-order valence-electron chi connectivity index (χ2n) is 4.13. The normalized spacial score (nSPS) is 10.7. The van der Waals surface area contributed by atoms with Gasteiger partial charge in [-0.1, -0.05) is 19.9 Å². The van der Waals surface area contributed by atoms with Gasteiger partial charge in [-0.05, 0) is 31.0 Å². The zero-order chi connectivity index (χ0) is 12.1. The van der Waals surface area contributed by atoms with Crippen LogP contribution in [0.4, 0.5) is 0 Å². The van der Waals surface area contributed by atoms with E-state index in [0.29, 0.717) is 0 Å². The second kappa shape index (κ2) is 5.62. The van der Waals surface area contributed by atoms with Gasteiger partial charge in [0.25, 0.3) is 0 Å². The van der Waals surface area contributed by atoms with Crippen LogP contribution in [0.3, 0.4) is 0 Å². The lowest BCUT2D eigenvalue weighted by molar-refractivity contribution is 0.576. The van der Waals surface area contributed by atoms with Crippen LogP contribution in [0.15, 0.2) is 30.5 Å². The van der Waals surface area contributed by atoms with Crippen LogP contribution in [-0.4, -0.2) is 14.8 Å². The minimum Gasteiger partial charge on any atom is -0.269 e. The summed E-state index contributed by atoms with van der Waals surface area (Å²) < 4.78 is 2.12. The smallest absolute Gasteiger partial charge is 0.0624 e. The Bertz CT molecular complexity index is 460. The SMILES string of the molecule is CCc1cc(CC)n(CCc2ccccn2)n1. The molecular weight excluding hydrogens is 210 g/mol. The molecule has 0 amide bonds. The Morgan fingerprint density at radius 2 is 2.00 bits per heavy atom. The first-order valence-corrected chi connectivity index (χ1v) is 6.29. The lowest BCUT2D eigenvalue weighted by atomic mass is 10.2. The fourth-order valence-electron chi connectivity index (χ4n) is 1.93. The molecule has 90 valence electrons. The molecule has 0 N–H and O–H groups in total. The van der Waals surface area contributed by atoms with Gasteiger partial charge in [-0.25, -0.2) is 0 Å². The molecule has 0 aliphatic carbocycles.